The average molecular weight is 518 g/mol. The van der Waals surface area contributed by atoms with Crippen LogP contribution in [0.1, 0.15) is 40.2 Å². The first-order chi connectivity index (χ1) is 18.2. The van der Waals surface area contributed by atoms with Crippen molar-refractivity contribution in [2.45, 2.75) is 52.3 Å². The van der Waals surface area contributed by atoms with E-state index in [9.17, 15) is 10.1 Å². The van der Waals surface area contributed by atoms with Crippen LogP contribution >= 0.6 is 0 Å². The van der Waals surface area contributed by atoms with E-state index in [1.807, 2.05) is 43.5 Å². The SMILES string of the molecule is C[C@@H]1COCCN1c1cn(-c2cccc(C#N)c2)c2ncnc(N3CCN(C(=O)OC(C)(C)C)C[C@@H]3C)c12. The molecule has 0 N–H and O–H groups in total. The van der Waals surface area contributed by atoms with Gasteiger partial charge in [0.2, 0.25) is 0 Å². The minimum absolute atomic E-state index is 0.0228. The maximum Gasteiger partial charge on any atom is 0.410 e. The van der Waals surface area contributed by atoms with E-state index in [0.717, 1.165) is 34.8 Å². The molecule has 10 nitrogen and oxygen atoms in total. The van der Waals surface area contributed by atoms with Gasteiger partial charge in [0, 0.05) is 50.1 Å². The predicted octanol–water partition coefficient (Wildman–Crippen LogP) is 3.96. The van der Waals surface area contributed by atoms with Crippen molar-refractivity contribution in [3.8, 4) is 11.8 Å². The number of amides is 1. The summed E-state index contributed by atoms with van der Waals surface area (Å²) in [5.41, 5.74) is 2.74. The largest absolute Gasteiger partial charge is 0.444 e. The minimum atomic E-state index is -0.536. The maximum atomic E-state index is 12.7. The van der Waals surface area contributed by atoms with Crippen molar-refractivity contribution in [1.29, 1.82) is 5.26 Å². The third kappa shape index (κ3) is 4.98. The third-order valence-corrected chi connectivity index (χ3v) is 7.02. The van der Waals surface area contributed by atoms with Gasteiger partial charge in [-0.25, -0.2) is 14.8 Å². The minimum Gasteiger partial charge on any atom is -0.444 e. The number of hydrogen-bond acceptors (Lipinski definition) is 8. The van der Waals surface area contributed by atoms with Crippen LogP contribution in [-0.4, -0.2) is 82.6 Å². The highest BCUT2D eigenvalue weighted by molar-refractivity contribution is 6.01. The smallest absolute Gasteiger partial charge is 0.410 e. The second-order valence-corrected chi connectivity index (χ2v) is 11.0. The van der Waals surface area contributed by atoms with Crippen LogP contribution in [0.4, 0.5) is 16.3 Å². The topological polar surface area (TPSA) is 99.7 Å². The van der Waals surface area contributed by atoms with Crippen LogP contribution in [-0.2, 0) is 9.47 Å². The lowest BCUT2D eigenvalue weighted by Gasteiger charge is -2.41. The summed E-state index contributed by atoms with van der Waals surface area (Å²) in [6.45, 7) is 13.7. The number of aromatic nitrogens is 3. The van der Waals surface area contributed by atoms with Crippen molar-refractivity contribution in [1.82, 2.24) is 19.4 Å². The summed E-state index contributed by atoms with van der Waals surface area (Å²) >= 11 is 0. The number of carbonyl (C=O) groups excluding carboxylic acids is 1. The third-order valence-electron chi connectivity index (χ3n) is 7.02. The number of morpholine rings is 1. The van der Waals surface area contributed by atoms with Gasteiger partial charge in [0.25, 0.3) is 0 Å². The molecular formula is C28H35N7O3. The second-order valence-electron chi connectivity index (χ2n) is 11.0. The van der Waals surface area contributed by atoms with Crippen molar-refractivity contribution in [3.05, 3.63) is 42.4 Å². The van der Waals surface area contributed by atoms with Gasteiger partial charge in [0.05, 0.1) is 35.9 Å². The zero-order chi connectivity index (χ0) is 27.0. The number of fused-ring (bicyclic) bond motifs is 1. The van der Waals surface area contributed by atoms with Crippen molar-refractivity contribution >= 4 is 28.6 Å². The van der Waals surface area contributed by atoms with E-state index in [0.29, 0.717) is 38.4 Å². The molecule has 2 aliphatic rings. The predicted molar refractivity (Wildman–Crippen MR) is 146 cm³/mol. The lowest BCUT2D eigenvalue weighted by molar-refractivity contribution is 0.0218. The van der Waals surface area contributed by atoms with Crippen molar-refractivity contribution < 1.29 is 14.3 Å². The van der Waals surface area contributed by atoms with Gasteiger partial charge in [-0.05, 0) is 52.8 Å². The fourth-order valence-electron chi connectivity index (χ4n) is 5.23. The molecule has 1 aromatic carbocycles. The molecule has 5 rings (SSSR count). The van der Waals surface area contributed by atoms with Crippen LogP contribution in [0.2, 0.25) is 0 Å². The first-order valence-electron chi connectivity index (χ1n) is 13.1. The molecule has 0 radical (unpaired) electrons. The second kappa shape index (κ2) is 10.1. The molecule has 0 saturated carbocycles. The normalized spacial score (nSPS) is 20.5. The van der Waals surface area contributed by atoms with Crippen LogP contribution in [0, 0.1) is 11.3 Å². The molecule has 10 heteroatoms. The van der Waals surface area contributed by atoms with Crippen LogP contribution in [0.25, 0.3) is 16.7 Å². The molecule has 2 aliphatic heterocycles. The summed E-state index contributed by atoms with van der Waals surface area (Å²) in [5, 5.41) is 10.4. The van der Waals surface area contributed by atoms with Gasteiger partial charge in [0.1, 0.15) is 17.7 Å². The molecule has 38 heavy (non-hydrogen) atoms. The Balaban J connectivity index is 1.57. The van der Waals surface area contributed by atoms with Gasteiger partial charge in [-0.3, -0.25) is 4.57 Å². The van der Waals surface area contributed by atoms with E-state index < -0.39 is 5.60 Å². The van der Waals surface area contributed by atoms with Gasteiger partial charge in [-0.2, -0.15) is 5.26 Å². The summed E-state index contributed by atoms with van der Waals surface area (Å²) in [5.74, 6) is 0.843. The van der Waals surface area contributed by atoms with Crippen LogP contribution in [0.5, 0.6) is 0 Å². The Labute approximate surface area is 223 Å². The Morgan fingerprint density at radius 3 is 2.66 bits per heavy atom. The molecule has 0 unspecified atom stereocenters. The van der Waals surface area contributed by atoms with E-state index in [1.54, 1.807) is 17.3 Å². The molecule has 1 amide bonds. The summed E-state index contributed by atoms with van der Waals surface area (Å²) in [4.78, 5) is 28.6. The molecule has 0 spiro atoms. The van der Waals surface area contributed by atoms with E-state index in [-0.39, 0.29) is 18.2 Å². The Hall–Kier alpha value is -3.84. The first kappa shape index (κ1) is 25.8. The van der Waals surface area contributed by atoms with Crippen molar-refractivity contribution in [2.24, 2.45) is 0 Å². The summed E-state index contributed by atoms with van der Waals surface area (Å²) < 4.78 is 13.4. The number of nitrogens with zero attached hydrogens (tertiary/aromatic N) is 7. The highest BCUT2D eigenvalue weighted by Gasteiger charge is 2.33. The van der Waals surface area contributed by atoms with Crippen LogP contribution < -0.4 is 9.80 Å². The monoisotopic (exact) mass is 517 g/mol. The van der Waals surface area contributed by atoms with Gasteiger partial charge >= 0.3 is 6.09 Å². The molecular weight excluding hydrogens is 482 g/mol. The summed E-state index contributed by atoms with van der Waals surface area (Å²) in [6.07, 6.45) is 3.41. The summed E-state index contributed by atoms with van der Waals surface area (Å²) in [7, 11) is 0. The fraction of sp³-hybridized carbons (Fsp3) is 0.500. The lowest BCUT2D eigenvalue weighted by Crippen LogP contribution is -2.55. The number of carbonyl (C=O) groups is 1. The average Bonchev–Trinajstić information content (AvgIpc) is 3.28. The first-order valence-corrected chi connectivity index (χ1v) is 13.1. The molecule has 0 bridgehead atoms. The van der Waals surface area contributed by atoms with Crippen LogP contribution in [0.3, 0.4) is 0 Å². The van der Waals surface area contributed by atoms with Crippen molar-refractivity contribution in [2.75, 3.05) is 49.2 Å². The molecule has 200 valence electrons. The molecule has 2 atom stereocenters. The summed E-state index contributed by atoms with van der Waals surface area (Å²) in [6, 6.07) is 9.98. The Bertz CT molecular complexity index is 1370. The number of ether oxygens (including phenoxy) is 2. The fourth-order valence-corrected chi connectivity index (χ4v) is 5.23. The van der Waals surface area contributed by atoms with Gasteiger partial charge < -0.3 is 24.2 Å². The van der Waals surface area contributed by atoms with E-state index >= 15 is 0 Å². The van der Waals surface area contributed by atoms with Gasteiger partial charge in [-0.15, -0.1) is 0 Å². The number of anilines is 2. The number of hydrogen-bond donors (Lipinski definition) is 0. The quantitative estimate of drug-likeness (QED) is 0.515. The van der Waals surface area contributed by atoms with Gasteiger partial charge in [-0.1, -0.05) is 6.07 Å². The zero-order valence-corrected chi connectivity index (χ0v) is 22.7. The molecule has 2 aromatic heterocycles. The maximum absolute atomic E-state index is 12.7. The Morgan fingerprint density at radius 1 is 1.13 bits per heavy atom. The molecule has 2 fully saturated rings. The highest BCUT2D eigenvalue weighted by Crippen LogP contribution is 2.38. The Kier molecular flexibility index (Phi) is 6.88. The number of rotatable bonds is 3. The molecule has 2 saturated heterocycles. The number of benzene rings is 1. The molecule has 0 aliphatic carbocycles. The standard InChI is InChI=1S/C28H35N7O3/c1-19-15-32(27(36)38-28(3,4)5)9-10-34(19)25-24-23(33-11-12-37-17-20(33)2)16-35(26(24)31-18-30-25)22-8-6-7-21(13-22)14-29/h6-8,13,16,18-20H,9-12,15,17H2,1-5H3/t19-,20+/m0/s1. The Morgan fingerprint density at radius 2 is 1.95 bits per heavy atom. The van der Waals surface area contributed by atoms with E-state index in [1.165, 1.54) is 0 Å². The molecule has 4 heterocycles. The van der Waals surface area contributed by atoms with Gasteiger partial charge in [0.15, 0.2) is 5.65 Å². The number of piperazine rings is 1. The highest BCUT2D eigenvalue weighted by atomic mass is 16.6. The van der Waals surface area contributed by atoms with E-state index in [4.69, 9.17) is 19.4 Å². The van der Waals surface area contributed by atoms with Crippen LogP contribution in [0.15, 0.2) is 36.8 Å². The lowest BCUT2D eigenvalue weighted by atomic mass is 10.1. The van der Waals surface area contributed by atoms with Crippen molar-refractivity contribution in [3.63, 3.8) is 0 Å². The van der Waals surface area contributed by atoms with E-state index in [2.05, 4.69) is 35.9 Å². The molecule has 3 aromatic rings. The zero-order valence-electron chi connectivity index (χ0n) is 22.7. The number of nitriles is 1.